The van der Waals surface area contributed by atoms with Gasteiger partial charge in [-0.2, -0.15) is 0 Å². The first kappa shape index (κ1) is 16.4. The highest BCUT2D eigenvalue weighted by Crippen LogP contribution is 2.22. The lowest BCUT2D eigenvalue weighted by molar-refractivity contribution is 0.133. The molecule has 0 saturated carbocycles. The normalized spacial score (nSPS) is 15.5. The van der Waals surface area contributed by atoms with Crippen molar-refractivity contribution in [3.8, 4) is 0 Å². The van der Waals surface area contributed by atoms with E-state index in [0.717, 1.165) is 29.8 Å². The molecule has 9 heteroatoms. The SMILES string of the molecule is Cc1ncc(Cn2c(NC3CCN(C(=O)O)CC3)nc3cccnc32)o1. The summed E-state index contributed by atoms with van der Waals surface area (Å²) in [4.78, 5) is 25.8. The van der Waals surface area contributed by atoms with Crippen molar-refractivity contribution in [2.45, 2.75) is 32.4 Å². The van der Waals surface area contributed by atoms with Crippen LogP contribution in [0, 0.1) is 6.92 Å². The van der Waals surface area contributed by atoms with E-state index in [1.807, 2.05) is 23.6 Å². The summed E-state index contributed by atoms with van der Waals surface area (Å²) in [5.41, 5.74) is 1.57. The molecule has 0 aliphatic carbocycles. The fraction of sp³-hybridized carbons (Fsp3) is 0.412. The van der Waals surface area contributed by atoms with Crippen LogP contribution in [0.25, 0.3) is 11.2 Å². The molecule has 4 rings (SSSR count). The van der Waals surface area contributed by atoms with Gasteiger partial charge in [-0.3, -0.25) is 4.57 Å². The van der Waals surface area contributed by atoms with Gasteiger partial charge in [-0.05, 0) is 25.0 Å². The van der Waals surface area contributed by atoms with E-state index < -0.39 is 6.09 Å². The number of imidazole rings is 1. The number of hydrogen-bond donors (Lipinski definition) is 2. The van der Waals surface area contributed by atoms with Gasteiger partial charge in [-0.15, -0.1) is 0 Å². The standard InChI is InChI=1S/C17H20N6O3/c1-11-19-9-13(26-11)10-23-15-14(3-2-6-18-15)21-16(23)20-12-4-7-22(8-5-12)17(24)25/h2-3,6,9,12H,4-5,7-8,10H2,1H3,(H,20,21)(H,24,25). The molecule has 4 heterocycles. The van der Waals surface area contributed by atoms with Gasteiger partial charge in [-0.25, -0.2) is 19.7 Å². The van der Waals surface area contributed by atoms with Crippen LogP contribution in [0.15, 0.2) is 28.9 Å². The van der Waals surface area contributed by atoms with E-state index in [1.165, 1.54) is 4.90 Å². The Labute approximate surface area is 149 Å². The Balaban J connectivity index is 1.58. The molecule has 0 unspecified atom stereocenters. The number of fused-ring (bicyclic) bond motifs is 1. The van der Waals surface area contributed by atoms with Crippen LogP contribution in [0.3, 0.4) is 0 Å². The summed E-state index contributed by atoms with van der Waals surface area (Å²) in [5.74, 6) is 2.06. The molecule has 1 saturated heterocycles. The molecular formula is C17H20N6O3. The number of anilines is 1. The number of rotatable bonds is 4. The fourth-order valence-electron chi connectivity index (χ4n) is 3.25. The topological polar surface area (TPSA) is 109 Å². The van der Waals surface area contributed by atoms with Crippen molar-refractivity contribution >= 4 is 23.2 Å². The summed E-state index contributed by atoms with van der Waals surface area (Å²) in [6.07, 6.45) is 4.07. The first-order valence-electron chi connectivity index (χ1n) is 8.57. The van der Waals surface area contributed by atoms with Crippen molar-refractivity contribution in [1.82, 2.24) is 24.4 Å². The monoisotopic (exact) mass is 356 g/mol. The number of piperidine rings is 1. The van der Waals surface area contributed by atoms with Crippen LogP contribution in [0.2, 0.25) is 0 Å². The van der Waals surface area contributed by atoms with Crippen LogP contribution in [-0.4, -0.2) is 54.8 Å². The van der Waals surface area contributed by atoms with Crippen LogP contribution in [0.1, 0.15) is 24.5 Å². The first-order chi connectivity index (χ1) is 12.6. The van der Waals surface area contributed by atoms with Crippen molar-refractivity contribution in [1.29, 1.82) is 0 Å². The second kappa shape index (κ2) is 6.66. The Hall–Kier alpha value is -3.10. The molecule has 26 heavy (non-hydrogen) atoms. The lowest BCUT2D eigenvalue weighted by Gasteiger charge is -2.30. The third-order valence-electron chi connectivity index (χ3n) is 4.59. The van der Waals surface area contributed by atoms with Gasteiger partial charge in [0.15, 0.2) is 11.5 Å². The molecule has 0 spiro atoms. The number of hydrogen-bond acceptors (Lipinski definition) is 6. The van der Waals surface area contributed by atoms with E-state index in [0.29, 0.717) is 31.5 Å². The molecule has 9 nitrogen and oxygen atoms in total. The van der Waals surface area contributed by atoms with E-state index in [1.54, 1.807) is 12.4 Å². The number of nitrogens with zero attached hydrogens (tertiary/aromatic N) is 5. The summed E-state index contributed by atoms with van der Waals surface area (Å²) in [5, 5.41) is 12.5. The van der Waals surface area contributed by atoms with E-state index in [4.69, 9.17) is 9.52 Å². The second-order valence-corrected chi connectivity index (χ2v) is 6.40. The number of aromatic nitrogens is 4. The smallest absolute Gasteiger partial charge is 0.407 e. The third kappa shape index (κ3) is 3.19. The molecular weight excluding hydrogens is 336 g/mol. The van der Waals surface area contributed by atoms with Crippen molar-refractivity contribution in [3.05, 3.63) is 36.2 Å². The van der Waals surface area contributed by atoms with Crippen molar-refractivity contribution < 1.29 is 14.3 Å². The lowest BCUT2D eigenvalue weighted by Crippen LogP contribution is -2.42. The minimum atomic E-state index is -0.861. The van der Waals surface area contributed by atoms with Gasteiger partial charge in [-0.1, -0.05) is 0 Å². The minimum Gasteiger partial charge on any atom is -0.465 e. The number of amides is 1. The minimum absolute atomic E-state index is 0.164. The van der Waals surface area contributed by atoms with Gasteiger partial charge in [0.05, 0.1) is 12.7 Å². The highest BCUT2D eigenvalue weighted by atomic mass is 16.4. The number of aryl methyl sites for hydroxylation is 1. The van der Waals surface area contributed by atoms with Gasteiger partial charge < -0.3 is 19.7 Å². The zero-order chi connectivity index (χ0) is 18.1. The molecule has 3 aromatic heterocycles. The molecule has 1 fully saturated rings. The van der Waals surface area contributed by atoms with Crippen LogP contribution >= 0.6 is 0 Å². The number of carbonyl (C=O) groups is 1. The maximum absolute atomic E-state index is 11.1. The second-order valence-electron chi connectivity index (χ2n) is 6.40. The number of likely N-dealkylation sites (tertiary alicyclic amines) is 1. The maximum Gasteiger partial charge on any atom is 0.407 e. The molecule has 0 aromatic carbocycles. The van der Waals surface area contributed by atoms with Gasteiger partial charge in [0, 0.05) is 32.3 Å². The molecule has 1 aliphatic rings. The number of pyridine rings is 1. The Morgan fingerprint density at radius 2 is 2.19 bits per heavy atom. The maximum atomic E-state index is 11.1. The molecule has 0 atom stereocenters. The quantitative estimate of drug-likeness (QED) is 0.738. The van der Waals surface area contributed by atoms with Crippen LogP contribution in [0.4, 0.5) is 10.7 Å². The highest BCUT2D eigenvalue weighted by molar-refractivity contribution is 5.74. The Morgan fingerprint density at radius 1 is 1.38 bits per heavy atom. The predicted octanol–water partition coefficient (Wildman–Crippen LogP) is 2.33. The van der Waals surface area contributed by atoms with E-state index in [2.05, 4.69) is 20.3 Å². The predicted molar refractivity (Wildman–Crippen MR) is 94.1 cm³/mol. The first-order valence-corrected chi connectivity index (χ1v) is 8.57. The average molecular weight is 356 g/mol. The summed E-state index contributed by atoms with van der Waals surface area (Å²) in [6.45, 7) is 3.33. The Morgan fingerprint density at radius 3 is 2.88 bits per heavy atom. The van der Waals surface area contributed by atoms with Crippen LogP contribution < -0.4 is 5.32 Å². The Kier molecular flexibility index (Phi) is 4.19. The van der Waals surface area contributed by atoms with Gasteiger partial charge in [0.1, 0.15) is 11.3 Å². The summed E-state index contributed by atoms with van der Waals surface area (Å²) in [6, 6.07) is 3.94. The zero-order valence-electron chi connectivity index (χ0n) is 14.4. The van der Waals surface area contributed by atoms with E-state index in [-0.39, 0.29) is 6.04 Å². The van der Waals surface area contributed by atoms with E-state index in [9.17, 15) is 4.79 Å². The van der Waals surface area contributed by atoms with Crippen molar-refractivity contribution in [2.75, 3.05) is 18.4 Å². The molecule has 3 aromatic rings. The summed E-state index contributed by atoms with van der Waals surface area (Å²) >= 11 is 0. The largest absolute Gasteiger partial charge is 0.465 e. The number of oxazole rings is 1. The number of carboxylic acid groups (broad SMARTS) is 1. The summed E-state index contributed by atoms with van der Waals surface area (Å²) in [7, 11) is 0. The van der Waals surface area contributed by atoms with Crippen molar-refractivity contribution in [3.63, 3.8) is 0 Å². The highest BCUT2D eigenvalue weighted by Gasteiger charge is 2.24. The molecule has 1 amide bonds. The molecule has 136 valence electrons. The van der Waals surface area contributed by atoms with Gasteiger partial charge >= 0.3 is 6.09 Å². The summed E-state index contributed by atoms with van der Waals surface area (Å²) < 4.78 is 7.58. The molecule has 2 N–H and O–H groups in total. The van der Waals surface area contributed by atoms with E-state index >= 15 is 0 Å². The average Bonchev–Trinajstić information content (AvgIpc) is 3.20. The van der Waals surface area contributed by atoms with Crippen LogP contribution in [0.5, 0.6) is 0 Å². The zero-order valence-corrected chi connectivity index (χ0v) is 14.4. The fourth-order valence-corrected chi connectivity index (χ4v) is 3.25. The number of nitrogens with one attached hydrogen (secondary N) is 1. The molecule has 1 aliphatic heterocycles. The van der Waals surface area contributed by atoms with Crippen LogP contribution in [-0.2, 0) is 6.54 Å². The van der Waals surface area contributed by atoms with Crippen molar-refractivity contribution in [2.24, 2.45) is 0 Å². The Bertz CT molecular complexity index is 926. The third-order valence-corrected chi connectivity index (χ3v) is 4.59. The lowest BCUT2D eigenvalue weighted by atomic mass is 10.1. The van der Waals surface area contributed by atoms with Gasteiger partial charge in [0.2, 0.25) is 5.95 Å². The molecule has 0 bridgehead atoms. The van der Waals surface area contributed by atoms with Gasteiger partial charge in [0.25, 0.3) is 0 Å². The molecule has 0 radical (unpaired) electrons.